The van der Waals surface area contributed by atoms with Gasteiger partial charge in [-0.15, -0.1) is 5.10 Å². The van der Waals surface area contributed by atoms with Crippen LogP contribution < -0.4 is 0 Å². The Morgan fingerprint density at radius 2 is 1.90 bits per heavy atom. The first-order valence-electron chi connectivity index (χ1n) is 6.07. The van der Waals surface area contributed by atoms with Gasteiger partial charge in [0.25, 0.3) is 0 Å². The van der Waals surface area contributed by atoms with Gasteiger partial charge in [0, 0.05) is 18.5 Å². The third-order valence-corrected chi connectivity index (χ3v) is 2.81. The second-order valence-corrected chi connectivity index (χ2v) is 4.21. The van der Waals surface area contributed by atoms with Crippen LogP contribution in [0, 0.1) is 0 Å². The van der Waals surface area contributed by atoms with Gasteiger partial charge in [-0.05, 0) is 25.0 Å². The summed E-state index contributed by atoms with van der Waals surface area (Å²) in [6.07, 6.45) is 3.04. The van der Waals surface area contributed by atoms with Crippen LogP contribution in [0.15, 0.2) is 30.5 Å². The molecule has 104 valence electrons. The number of carboxylic acids is 1. The van der Waals surface area contributed by atoms with E-state index in [0.717, 1.165) is 5.69 Å². The Kier molecular flexibility index (Phi) is 10.2. The van der Waals surface area contributed by atoms with E-state index in [2.05, 4.69) is 10.3 Å². The molecular weight excluding hydrogens is 292 g/mol. The predicted octanol–water partition coefficient (Wildman–Crippen LogP) is 0.609. The van der Waals surface area contributed by atoms with Gasteiger partial charge in [-0.3, -0.25) is 4.79 Å². The van der Waals surface area contributed by atoms with Crippen molar-refractivity contribution in [3.05, 3.63) is 30.5 Å². The molecule has 0 saturated heterocycles. The van der Waals surface area contributed by atoms with Gasteiger partial charge in [0.05, 0.1) is 11.9 Å². The molecule has 2 rings (SSSR count). The van der Waals surface area contributed by atoms with E-state index in [-0.39, 0.29) is 71.3 Å². The van der Waals surface area contributed by atoms with Gasteiger partial charge in [-0.25, -0.2) is 4.68 Å². The molecule has 0 aliphatic carbocycles. The number of aliphatic carboxylic acids is 1. The zero-order valence-corrected chi connectivity index (χ0v) is 10.4. The van der Waals surface area contributed by atoms with Crippen LogP contribution in [0.4, 0.5) is 0 Å². The number of carbonyl (C=O) groups is 1. The molecular formula is C13H17N3Na2O3. The summed E-state index contributed by atoms with van der Waals surface area (Å²) in [6, 6.07) is 6.98. The summed E-state index contributed by atoms with van der Waals surface area (Å²) in [7, 11) is 0. The van der Waals surface area contributed by atoms with E-state index in [0.29, 0.717) is 24.9 Å². The standard InChI is InChI=1S/C13H15N3O3.2Na.2H/c17-12-6-2-1-5-10(12)11-9-14-15-16(11)8-4-3-7-13(18)19;;;;/h1-2,5-6,9,17H,3-4,7-8H2,(H,18,19);;;;. The van der Waals surface area contributed by atoms with Crippen molar-refractivity contribution in [3.8, 4) is 17.0 Å². The molecule has 0 unspecified atom stereocenters. The Morgan fingerprint density at radius 1 is 1.19 bits per heavy atom. The predicted molar refractivity (Wildman–Crippen MR) is 82.9 cm³/mol. The number of benzene rings is 1. The number of aromatic nitrogens is 3. The number of unbranched alkanes of at least 4 members (excludes halogenated alkanes) is 1. The first-order valence-corrected chi connectivity index (χ1v) is 6.07. The van der Waals surface area contributed by atoms with E-state index in [1.54, 1.807) is 29.1 Å². The number of phenols is 1. The minimum absolute atomic E-state index is 0. The third kappa shape index (κ3) is 6.10. The molecule has 0 radical (unpaired) electrons. The maximum absolute atomic E-state index is 10.4. The number of phenolic OH excluding ortho intramolecular Hbond substituents is 1. The van der Waals surface area contributed by atoms with E-state index < -0.39 is 5.97 Å². The van der Waals surface area contributed by atoms with Crippen LogP contribution in [0.2, 0.25) is 0 Å². The van der Waals surface area contributed by atoms with Crippen LogP contribution in [0.1, 0.15) is 19.3 Å². The van der Waals surface area contributed by atoms with Crippen molar-refractivity contribution in [2.24, 2.45) is 0 Å². The molecule has 2 aromatic rings. The Morgan fingerprint density at radius 3 is 2.57 bits per heavy atom. The van der Waals surface area contributed by atoms with Gasteiger partial charge in [0.2, 0.25) is 0 Å². The molecule has 1 heterocycles. The molecule has 6 nitrogen and oxygen atoms in total. The van der Waals surface area contributed by atoms with Crippen LogP contribution in [-0.4, -0.2) is 90.3 Å². The van der Waals surface area contributed by atoms with Crippen molar-refractivity contribution >= 4 is 65.1 Å². The molecule has 0 spiro atoms. The number of aryl methyl sites for hydroxylation is 1. The average Bonchev–Trinajstić information content (AvgIpc) is 2.83. The molecule has 1 aromatic heterocycles. The Balaban J connectivity index is 0.00000200. The first kappa shape index (κ1) is 20.6. The Bertz CT molecular complexity index is 575. The number of carboxylic acid groups (broad SMARTS) is 1. The normalized spacial score (nSPS) is 9.52. The molecule has 21 heavy (non-hydrogen) atoms. The zero-order chi connectivity index (χ0) is 13.7. The van der Waals surface area contributed by atoms with Gasteiger partial charge in [-0.1, -0.05) is 17.3 Å². The van der Waals surface area contributed by atoms with E-state index >= 15 is 0 Å². The summed E-state index contributed by atoms with van der Waals surface area (Å²) in [6.45, 7) is 0.580. The minimum atomic E-state index is -0.792. The molecule has 2 N–H and O–H groups in total. The van der Waals surface area contributed by atoms with Gasteiger partial charge in [0.1, 0.15) is 5.75 Å². The van der Waals surface area contributed by atoms with Crippen molar-refractivity contribution in [1.29, 1.82) is 0 Å². The summed E-state index contributed by atoms with van der Waals surface area (Å²) in [4.78, 5) is 10.4. The van der Waals surface area contributed by atoms with Crippen molar-refractivity contribution in [3.63, 3.8) is 0 Å². The van der Waals surface area contributed by atoms with Gasteiger partial charge >= 0.3 is 65.1 Å². The molecule has 0 amide bonds. The zero-order valence-electron chi connectivity index (χ0n) is 10.4. The maximum atomic E-state index is 10.4. The molecule has 0 bridgehead atoms. The molecule has 0 aliphatic heterocycles. The monoisotopic (exact) mass is 309 g/mol. The Labute approximate surface area is 167 Å². The van der Waals surface area contributed by atoms with Crippen LogP contribution in [-0.2, 0) is 11.3 Å². The molecule has 0 saturated carbocycles. The molecule has 8 heteroatoms. The SMILES string of the molecule is O=C(O)CCCCn1nncc1-c1ccccc1O.[NaH].[NaH]. The van der Waals surface area contributed by atoms with Crippen LogP contribution in [0.25, 0.3) is 11.3 Å². The average molecular weight is 309 g/mol. The number of aromatic hydroxyl groups is 1. The van der Waals surface area contributed by atoms with Crippen LogP contribution >= 0.6 is 0 Å². The summed E-state index contributed by atoms with van der Waals surface area (Å²) in [5, 5.41) is 26.2. The first-order chi connectivity index (χ1) is 9.18. The fourth-order valence-electron chi connectivity index (χ4n) is 1.86. The van der Waals surface area contributed by atoms with Crippen molar-refractivity contribution in [1.82, 2.24) is 15.0 Å². The number of hydrogen-bond donors (Lipinski definition) is 2. The number of nitrogens with zero attached hydrogens (tertiary/aromatic N) is 3. The van der Waals surface area contributed by atoms with Gasteiger partial charge in [0.15, 0.2) is 0 Å². The van der Waals surface area contributed by atoms with E-state index in [9.17, 15) is 9.90 Å². The number of hydrogen-bond acceptors (Lipinski definition) is 4. The number of rotatable bonds is 6. The quantitative estimate of drug-likeness (QED) is 0.603. The van der Waals surface area contributed by atoms with E-state index in [1.165, 1.54) is 0 Å². The van der Waals surface area contributed by atoms with Crippen molar-refractivity contribution in [2.45, 2.75) is 25.8 Å². The number of para-hydroxylation sites is 1. The Hall–Kier alpha value is -0.370. The molecule has 0 aliphatic rings. The fourth-order valence-corrected chi connectivity index (χ4v) is 1.86. The van der Waals surface area contributed by atoms with E-state index in [4.69, 9.17) is 5.11 Å². The summed E-state index contributed by atoms with van der Waals surface area (Å²) in [5.41, 5.74) is 1.40. The van der Waals surface area contributed by atoms with E-state index in [1.807, 2.05) is 6.07 Å². The van der Waals surface area contributed by atoms with Crippen LogP contribution in [0.5, 0.6) is 5.75 Å². The second kappa shape index (κ2) is 10.4. The van der Waals surface area contributed by atoms with Crippen molar-refractivity contribution in [2.75, 3.05) is 0 Å². The van der Waals surface area contributed by atoms with Crippen molar-refractivity contribution < 1.29 is 15.0 Å². The second-order valence-electron chi connectivity index (χ2n) is 4.21. The molecule has 0 atom stereocenters. The van der Waals surface area contributed by atoms with Gasteiger partial charge in [-0.2, -0.15) is 0 Å². The third-order valence-electron chi connectivity index (χ3n) is 2.81. The van der Waals surface area contributed by atoms with Gasteiger partial charge < -0.3 is 10.2 Å². The molecule has 0 fully saturated rings. The summed E-state index contributed by atoms with van der Waals surface area (Å²) < 4.78 is 1.68. The summed E-state index contributed by atoms with van der Waals surface area (Å²) in [5.74, 6) is -0.615. The fraction of sp³-hybridized carbons (Fsp3) is 0.308. The van der Waals surface area contributed by atoms with Crippen LogP contribution in [0.3, 0.4) is 0 Å². The summed E-state index contributed by atoms with van der Waals surface area (Å²) >= 11 is 0. The molecule has 1 aromatic carbocycles. The topological polar surface area (TPSA) is 88.2 Å².